The maximum Gasteiger partial charge on any atom is 0.122 e. The number of pyridine rings is 2. The summed E-state index contributed by atoms with van der Waals surface area (Å²) in [5, 5.41) is 4.49. The van der Waals surface area contributed by atoms with E-state index in [0.29, 0.717) is 17.2 Å². The van der Waals surface area contributed by atoms with Gasteiger partial charge in [-0.15, -0.1) is 0 Å². The molecule has 0 amide bonds. The molecule has 0 bridgehead atoms. The molecule has 0 saturated carbocycles. The Labute approximate surface area is 128 Å². The minimum Gasteiger partial charge on any atom is -0.388 e. The van der Waals surface area contributed by atoms with Crippen molar-refractivity contribution in [1.82, 2.24) is 9.97 Å². The number of nitrogens with zero attached hydrogens (tertiary/aromatic N) is 2. The maximum absolute atomic E-state index is 5.60. The second kappa shape index (κ2) is 5.85. The van der Waals surface area contributed by atoms with Crippen LogP contribution in [0, 0.1) is 0 Å². The molecular weight excluding hydrogens is 280 g/mol. The van der Waals surface area contributed by atoms with Crippen LogP contribution in [0.25, 0.3) is 10.9 Å². The Balaban J connectivity index is 1.84. The molecular formula is C16H14N4S. The smallest absolute Gasteiger partial charge is 0.122 e. The summed E-state index contributed by atoms with van der Waals surface area (Å²) in [6.45, 7) is 0.676. The van der Waals surface area contributed by atoms with Gasteiger partial charge in [-0.3, -0.25) is 9.97 Å². The highest BCUT2D eigenvalue weighted by Gasteiger charge is 2.03. The number of anilines is 1. The number of nitrogens with one attached hydrogen (secondary N) is 1. The summed E-state index contributed by atoms with van der Waals surface area (Å²) in [5.74, 6) is 0. The minimum absolute atomic E-state index is 0.297. The first-order valence-electron chi connectivity index (χ1n) is 6.56. The van der Waals surface area contributed by atoms with Gasteiger partial charge >= 0.3 is 0 Å². The Morgan fingerprint density at radius 2 is 1.95 bits per heavy atom. The van der Waals surface area contributed by atoms with Crippen LogP contribution < -0.4 is 11.1 Å². The number of hydrogen-bond acceptors (Lipinski definition) is 4. The lowest BCUT2D eigenvalue weighted by atomic mass is 10.1. The van der Waals surface area contributed by atoms with Crippen molar-refractivity contribution in [2.24, 2.45) is 5.73 Å². The summed E-state index contributed by atoms with van der Waals surface area (Å²) in [5.41, 5.74) is 9.29. The van der Waals surface area contributed by atoms with E-state index in [0.717, 1.165) is 22.2 Å². The van der Waals surface area contributed by atoms with Gasteiger partial charge in [-0.05, 0) is 23.8 Å². The summed E-state index contributed by atoms with van der Waals surface area (Å²) in [6, 6.07) is 13.9. The fourth-order valence-electron chi connectivity index (χ4n) is 2.18. The molecule has 0 unspecified atom stereocenters. The van der Waals surface area contributed by atoms with E-state index in [1.54, 1.807) is 6.20 Å². The molecule has 3 aromatic rings. The number of para-hydroxylation sites is 1. The molecule has 5 heteroatoms. The molecule has 0 aliphatic rings. The fraction of sp³-hybridized carbons (Fsp3) is 0.0625. The Kier molecular flexibility index (Phi) is 3.75. The van der Waals surface area contributed by atoms with Gasteiger partial charge in [0.15, 0.2) is 0 Å². The summed E-state index contributed by atoms with van der Waals surface area (Å²) in [6.07, 6.45) is 3.50. The first kappa shape index (κ1) is 13.5. The van der Waals surface area contributed by atoms with Gasteiger partial charge in [0.2, 0.25) is 0 Å². The van der Waals surface area contributed by atoms with Gasteiger partial charge < -0.3 is 11.1 Å². The van der Waals surface area contributed by atoms with Gasteiger partial charge in [0.1, 0.15) is 4.99 Å². The van der Waals surface area contributed by atoms with E-state index in [1.165, 1.54) is 0 Å². The van der Waals surface area contributed by atoms with E-state index in [2.05, 4.69) is 33.5 Å². The van der Waals surface area contributed by atoms with Gasteiger partial charge in [-0.25, -0.2) is 0 Å². The van der Waals surface area contributed by atoms with Crippen LogP contribution in [0.5, 0.6) is 0 Å². The van der Waals surface area contributed by atoms with Gasteiger partial charge in [-0.1, -0.05) is 36.5 Å². The van der Waals surface area contributed by atoms with Gasteiger partial charge in [0.25, 0.3) is 0 Å². The van der Waals surface area contributed by atoms with Crippen molar-refractivity contribution in [2.45, 2.75) is 6.54 Å². The Morgan fingerprint density at radius 3 is 2.81 bits per heavy atom. The zero-order valence-corrected chi connectivity index (χ0v) is 12.1. The average molecular weight is 294 g/mol. The molecule has 21 heavy (non-hydrogen) atoms. The highest BCUT2D eigenvalue weighted by molar-refractivity contribution is 7.80. The summed E-state index contributed by atoms with van der Waals surface area (Å²) >= 11 is 4.94. The normalized spacial score (nSPS) is 10.5. The third-order valence-electron chi connectivity index (χ3n) is 3.21. The predicted octanol–water partition coefficient (Wildman–Crippen LogP) is 2.88. The second-order valence-electron chi connectivity index (χ2n) is 4.64. The molecule has 1 aromatic carbocycles. The molecule has 4 nitrogen and oxygen atoms in total. The number of nitrogens with two attached hydrogens (primary N) is 1. The lowest BCUT2D eigenvalue weighted by molar-refractivity contribution is 1.14. The number of fused-ring (bicyclic) bond motifs is 1. The van der Waals surface area contributed by atoms with Crippen molar-refractivity contribution in [2.75, 3.05) is 5.32 Å². The molecule has 0 radical (unpaired) electrons. The average Bonchev–Trinajstić information content (AvgIpc) is 2.53. The number of rotatable bonds is 4. The lowest BCUT2D eigenvalue weighted by Gasteiger charge is -2.09. The molecule has 2 heterocycles. The van der Waals surface area contributed by atoms with Crippen LogP contribution in [-0.2, 0) is 6.54 Å². The highest BCUT2D eigenvalue weighted by atomic mass is 32.1. The first-order chi connectivity index (χ1) is 10.2. The van der Waals surface area contributed by atoms with E-state index in [9.17, 15) is 0 Å². The SMILES string of the molecule is NC(=S)c1cc(NCc2cccc3cccnc23)ccn1. The van der Waals surface area contributed by atoms with E-state index in [4.69, 9.17) is 18.0 Å². The van der Waals surface area contributed by atoms with Crippen LogP contribution in [0.2, 0.25) is 0 Å². The Bertz CT molecular complexity index is 796. The second-order valence-corrected chi connectivity index (χ2v) is 5.08. The van der Waals surface area contributed by atoms with E-state index in [1.807, 2.05) is 30.5 Å². The molecule has 104 valence electrons. The molecule has 3 rings (SSSR count). The van der Waals surface area contributed by atoms with Crippen LogP contribution in [0.15, 0.2) is 54.9 Å². The molecule has 0 saturated heterocycles. The van der Waals surface area contributed by atoms with E-state index in [-0.39, 0.29) is 0 Å². The largest absolute Gasteiger partial charge is 0.388 e. The quantitative estimate of drug-likeness (QED) is 0.724. The van der Waals surface area contributed by atoms with Crippen LogP contribution in [0.4, 0.5) is 5.69 Å². The van der Waals surface area contributed by atoms with Crippen molar-refractivity contribution in [3.8, 4) is 0 Å². The number of thiocarbonyl (C=S) groups is 1. The molecule has 0 aliphatic heterocycles. The summed E-state index contributed by atoms with van der Waals surface area (Å²) in [4.78, 5) is 8.87. The van der Waals surface area contributed by atoms with Gasteiger partial charge in [0, 0.05) is 30.0 Å². The van der Waals surface area contributed by atoms with E-state index < -0.39 is 0 Å². The van der Waals surface area contributed by atoms with Crippen molar-refractivity contribution in [3.63, 3.8) is 0 Å². The Hall–Kier alpha value is -2.53. The maximum atomic E-state index is 5.60. The molecule has 0 atom stereocenters. The third-order valence-corrected chi connectivity index (χ3v) is 3.42. The zero-order valence-electron chi connectivity index (χ0n) is 11.3. The molecule has 0 aliphatic carbocycles. The van der Waals surface area contributed by atoms with Crippen molar-refractivity contribution < 1.29 is 0 Å². The van der Waals surface area contributed by atoms with Gasteiger partial charge in [0.05, 0.1) is 11.2 Å². The highest BCUT2D eigenvalue weighted by Crippen LogP contribution is 2.17. The van der Waals surface area contributed by atoms with Gasteiger partial charge in [-0.2, -0.15) is 0 Å². The third kappa shape index (κ3) is 2.98. The Morgan fingerprint density at radius 1 is 1.10 bits per heavy atom. The van der Waals surface area contributed by atoms with Crippen LogP contribution in [0.1, 0.15) is 11.3 Å². The standard InChI is InChI=1S/C16H14N4S/c17-16(21)14-9-13(6-8-18-14)20-10-12-4-1-3-11-5-2-7-19-15(11)12/h1-9H,10H2,(H2,17,21)(H,18,20). The van der Waals surface area contributed by atoms with Crippen LogP contribution in [0.3, 0.4) is 0 Å². The summed E-state index contributed by atoms with van der Waals surface area (Å²) < 4.78 is 0. The van der Waals surface area contributed by atoms with Crippen LogP contribution in [-0.4, -0.2) is 15.0 Å². The lowest BCUT2D eigenvalue weighted by Crippen LogP contribution is -2.12. The summed E-state index contributed by atoms with van der Waals surface area (Å²) in [7, 11) is 0. The van der Waals surface area contributed by atoms with Crippen LogP contribution >= 0.6 is 12.2 Å². The topological polar surface area (TPSA) is 63.8 Å². The van der Waals surface area contributed by atoms with Crippen molar-refractivity contribution >= 4 is 33.8 Å². The number of aromatic nitrogens is 2. The minimum atomic E-state index is 0.297. The van der Waals surface area contributed by atoms with Crippen molar-refractivity contribution in [1.29, 1.82) is 0 Å². The zero-order chi connectivity index (χ0) is 14.7. The van der Waals surface area contributed by atoms with E-state index >= 15 is 0 Å². The molecule has 0 fully saturated rings. The first-order valence-corrected chi connectivity index (χ1v) is 6.97. The monoisotopic (exact) mass is 294 g/mol. The van der Waals surface area contributed by atoms with Crippen molar-refractivity contribution in [3.05, 3.63) is 66.1 Å². The predicted molar refractivity (Wildman–Crippen MR) is 89.2 cm³/mol. The molecule has 3 N–H and O–H groups in total. The molecule has 0 spiro atoms. The number of benzene rings is 1. The fourth-order valence-corrected chi connectivity index (χ4v) is 2.29. The number of hydrogen-bond donors (Lipinski definition) is 2. The molecule has 2 aromatic heterocycles.